The Balaban J connectivity index is 1.37. The lowest BCUT2D eigenvalue weighted by molar-refractivity contribution is -0.137. The van der Waals surface area contributed by atoms with E-state index in [9.17, 15) is 4.79 Å². The Morgan fingerprint density at radius 2 is 1.67 bits per heavy atom. The number of carbonyl (C=O) groups is 1. The summed E-state index contributed by atoms with van der Waals surface area (Å²) in [6.07, 6.45) is 17.8. The molecule has 0 aromatic carbocycles. The first kappa shape index (κ1) is 18.2. The highest BCUT2D eigenvalue weighted by Gasteiger charge is 2.47. The van der Waals surface area contributed by atoms with E-state index in [1.807, 2.05) is 0 Å². The highest BCUT2D eigenvalue weighted by atomic mass is 16.5. The highest BCUT2D eigenvalue weighted by Crippen LogP contribution is 2.51. The number of unbranched alkanes of at least 4 members (excludes halogenated alkanes) is 3. The Hall–Kier alpha value is -0.570. The molecule has 24 heavy (non-hydrogen) atoms. The molecule has 1 N–H and O–H groups in total. The zero-order chi connectivity index (χ0) is 16.8. The minimum Gasteiger partial charge on any atom is -0.481 e. The van der Waals surface area contributed by atoms with Gasteiger partial charge in [0.2, 0.25) is 0 Å². The van der Waals surface area contributed by atoms with E-state index in [0.29, 0.717) is 12.5 Å². The van der Waals surface area contributed by atoms with Crippen LogP contribution < -0.4 is 0 Å². The third-order valence-electron chi connectivity index (χ3n) is 6.93. The topological polar surface area (TPSA) is 46.5 Å². The van der Waals surface area contributed by atoms with Crippen LogP contribution in [0.1, 0.15) is 89.9 Å². The number of rotatable bonds is 10. The predicted octanol–water partition coefficient (Wildman–Crippen LogP) is 5.42. The van der Waals surface area contributed by atoms with E-state index in [1.165, 1.54) is 70.6 Å². The molecule has 3 aliphatic carbocycles. The number of hydrogen-bond acceptors (Lipinski definition) is 2. The van der Waals surface area contributed by atoms with E-state index >= 15 is 0 Å². The van der Waals surface area contributed by atoms with E-state index in [0.717, 1.165) is 43.1 Å². The first-order valence-electron chi connectivity index (χ1n) is 10.6. The molecule has 4 atom stereocenters. The minimum absolute atomic E-state index is 0.335. The fraction of sp³-hybridized carbons (Fsp3) is 0.952. The molecule has 0 amide bonds. The fourth-order valence-corrected chi connectivity index (χ4v) is 5.63. The van der Waals surface area contributed by atoms with Gasteiger partial charge in [0, 0.05) is 13.0 Å². The summed E-state index contributed by atoms with van der Waals surface area (Å²) in [4.78, 5) is 10.6. The summed E-state index contributed by atoms with van der Waals surface area (Å²) >= 11 is 0. The molecule has 2 bridgehead atoms. The molecular weight excluding hydrogens is 300 g/mol. The Labute approximate surface area is 147 Å². The van der Waals surface area contributed by atoms with Gasteiger partial charge < -0.3 is 9.84 Å². The monoisotopic (exact) mass is 336 g/mol. The van der Waals surface area contributed by atoms with Gasteiger partial charge in [0.15, 0.2) is 0 Å². The molecule has 0 unspecified atom stereocenters. The van der Waals surface area contributed by atoms with Gasteiger partial charge in [-0.05, 0) is 68.6 Å². The lowest BCUT2D eigenvalue weighted by atomic mass is 9.82. The molecule has 3 aliphatic rings. The van der Waals surface area contributed by atoms with Gasteiger partial charge in [-0.25, -0.2) is 0 Å². The van der Waals surface area contributed by atoms with Crippen molar-refractivity contribution in [3.8, 4) is 0 Å². The molecule has 0 spiro atoms. The lowest BCUT2D eigenvalue weighted by Gasteiger charge is -2.33. The molecule has 0 heterocycles. The molecular formula is C21H36O3. The number of hydrogen-bond donors (Lipinski definition) is 1. The van der Waals surface area contributed by atoms with E-state index < -0.39 is 5.97 Å². The normalized spacial score (nSPS) is 33.2. The summed E-state index contributed by atoms with van der Waals surface area (Å²) in [7, 11) is 0. The Morgan fingerprint density at radius 3 is 2.46 bits per heavy atom. The first-order chi connectivity index (χ1) is 11.7. The van der Waals surface area contributed by atoms with Crippen LogP contribution in [-0.2, 0) is 9.53 Å². The molecule has 0 saturated heterocycles. The van der Waals surface area contributed by atoms with Crippen LogP contribution in [0.5, 0.6) is 0 Å². The number of fused-ring (bicyclic) bond motifs is 2. The summed E-state index contributed by atoms with van der Waals surface area (Å²) < 4.78 is 6.52. The van der Waals surface area contributed by atoms with Crippen molar-refractivity contribution in [3.63, 3.8) is 0 Å². The number of aliphatic carboxylic acids is 1. The Morgan fingerprint density at radius 1 is 0.917 bits per heavy atom. The van der Waals surface area contributed by atoms with Crippen molar-refractivity contribution >= 4 is 5.97 Å². The second kappa shape index (κ2) is 9.22. The number of ether oxygens (including phenoxy) is 1. The smallest absolute Gasteiger partial charge is 0.303 e. The minimum atomic E-state index is -0.653. The molecule has 3 heteroatoms. The average molecular weight is 337 g/mol. The third kappa shape index (κ3) is 4.97. The molecule has 0 aromatic rings. The maximum atomic E-state index is 10.6. The van der Waals surface area contributed by atoms with Crippen LogP contribution >= 0.6 is 0 Å². The fourth-order valence-electron chi connectivity index (χ4n) is 5.63. The summed E-state index contributed by atoms with van der Waals surface area (Å²) in [5.74, 6) is 2.74. The van der Waals surface area contributed by atoms with Gasteiger partial charge in [-0.2, -0.15) is 0 Å². The molecule has 3 rings (SSSR count). The van der Waals surface area contributed by atoms with Crippen LogP contribution in [0, 0.1) is 23.7 Å². The van der Waals surface area contributed by atoms with Gasteiger partial charge >= 0.3 is 5.97 Å². The molecule has 0 aliphatic heterocycles. The van der Waals surface area contributed by atoms with Crippen molar-refractivity contribution in [1.29, 1.82) is 0 Å². The van der Waals surface area contributed by atoms with Crippen molar-refractivity contribution in [2.45, 2.75) is 96.0 Å². The molecule has 0 radical (unpaired) electrons. The van der Waals surface area contributed by atoms with E-state index in [1.54, 1.807) is 0 Å². The summed E-state index contributed by atoms with van der Waals surface area (Å²) in [5.41, 5.74) is 0. The van der Waals surface area contributed by atoms with Gasteiger partial charge in [0.25, 0.3) is 0 Å². The Bertz CT molecular complexity index is 389. The first-order valence-corrected chi connectivity index (χ1v) is 10.6. The quantitative estimate of drug-likeness (QED) is 0.542. The van der Waals surface area contributed by atoms with Gasteiger partial charge in [0.1, 0.15) is 0 Å². The van der Waals surface area contributed by atoms with Crippen molar-refractivity contribution in [1.82, 2.24) is 0 Å². The van der Waals surface area contributed by atoms with Gasteiger partial charge in [-0.3, -0.25) is 4.79 Å². The van der Waals surface area contributed by atoms with Crippen LogP contribution in [0.4, 0.5) is 0 Å². The number of carboxylic acid groups (broad SMARTS) is 1. The van der Waals surface area contributed by atoms with Crippen molar-refractivity contribution in [2.75, 3.05) is 6.61 Å². The molecule has 3 nitrogen and oxygen atoms in total. The number of carboxylic acids is 1. The van der Waals surface area contributed by atoms with E-state index in [4.69, 9.17) is 9.84 Å². The second-order valence-corrected chi connectivity index (χ2v) is 8.65. The Kier molecular flexibility index (Phi) is 7.00. The summed E-state index contributed by atoms with van der Waals surface area (Å²) in [6.45, 7) is 1.02. The van der Waals surface area contributed by atoms with E-state index in [2.05, 4.69) is 0 Å². The molecule has 138 valence electrons. The maximum Gasteiger partial charge on any atom is 0.303 e. The van der Waals surface area contributed by atoms with Gasteiger partial charge in [-0.15, -0.1) is 0 Å². The SMILES string of the molecule is O=C(O)CCCCCC[C@@H]1[C@@H]2CC[C@@H](C2)[C@@H]1OCC1CCCCC1. The third-order valence-corrected chi connectivity index (χ3v) is 6.93. The van der Waals surface area contributed by atoms with Crippen molar-refractivity contribution < 1.29 is 14.6 Å². The largest absolute Gasteiger partial charge is 0.481 e. The lowest BCUT2D eigenvalue weighted by Crippen LogP contribution is -2.32. The van der Waals surface area contributed by atoms with E-state index in [-0.39, 0.29) is 0 Å². The summed E-state index contributed by atoms with van der Waals surface area (Å²) in [6, 6.07) is 0. The van der Waals surface area contributed by atoms with Gasteiger partial charge in [-0.1, -0.05) is 38.5 Å². The molecule has 0 aromatic heterocycles. The zero-order valence-corrected chi connectivity index (χ0v) is 15.3. The van der Waals surface area contributed by atoms with Crippen LogP contribution in [-0.4, -0.2) is 23.8 Å². The predicted molar refractivity (Wildman–Crippen MR) is 96.0 cm³/mol. The van der Waals surface area contributed by atoms with Crippen molar-refractivity contribution in [3.05, 3.63) is 0 Å². The summed E-state index contributed by atoms with van der Waals surface area (Å²) in [5, 5.41) is 8.70. The highest BCUT2D eigenvalue weighted by molar-refractivity contribution is 5.66. The standard InChI is InChI=1S/C21H36O3/c22-20(23)11-7-2-1-6-10-19-17-12-13-18(14-17)21(19)24-15-16-8-4-3-5-9-16/h16-19,21H,1-15H2,(H,22,23)/t17-,18+,19-,21+/m1/s1. The molecule has 3 fully saturated rings. The van der Waals surface area contributed by atoms with Gasteiger partial charge in [0.05, 0.1) is 6.10 Å². The second-order valence-electron chi connectivity index (χ2n) is 8.65. The van der Waals surface area contributed by atoms with Crippen LogP contribution in [0.15, 0.2) is 0 Å². The van der Waals surface area contributed by atoms with Crippen LogP contribution in [0.3, 0.4) is 0 Å². The van der Waals surface area contributed by atoms with Crippen LogP contribution in [0.2, 0.25) is 0 Å². The average Bonchev–Trinajstić information content (AvgIpc) is 3.18. The molecule has 3 saturated carbocycles. The maximum absolute atomic E-state index is 10.6. The zero-order valence-electron chi connectivity index (χ0n) is 15.3. The van der Waals surface area contributed by atoms with Crippen LogP contribution in [0.25, 0.3) is 0 Å². The van der Waals surface area contributed by atoms with Crippen molar-refractivity contribution in [2.24, 2.45) is 23.7 Å².